The summed E-state index contributed by atoms with van der Waals surface area (Å²) in [6.45, 7) is 4.23. The Labute approximate surface area is 127 Å². The molecule has 3 rings (SSSR count). The minimum absolute atomic E-state index is 0.345. The van der Waals surface area contributed by atoms with Gasteiger partial charge in [0.05, 0.1) is 15.4 Å². The number of aryl methyl sites for hydroxylation is 1. The molecule has 0 fully saturated rings. The maximum atomic E-state index is 13.4. The van der Waals surface area contributed by atoms with Crippen LogP contribution in [-0.4, -0.2) is 9.96 Å². The minimum Gasteiger partial charge on any atom is -0.244 e. The Morgan fingerprint density at radius 3 is 2.57 bits per heavy atom. The topological polar surface area (TPSA) is 29.4 Å². The van der Waals surface area contributed by atoms with E-state index in [9.17, 15) is 4.21 Å². The number of nitrogens with zero attached hydrogens (tertiary/aromatic N) is 1. The van der Waals surface area contributed by atoms with E-state index in [-0.39, 0.29) is 0 Å². The molecular formula is C18H21NOS. The predicted molar refractivity (Wildman–Crippen MR) is 88.6 cm³/mol. The van der Waals surface area contributed by atoms with Crippen molar-refractivity contribution in [2.24, 2.45) is 4.36 Å². The van der Waals surface area contributed by atoms with Crippen molar-refractivity contribution >= 4 is 15.4 Å². The van der Waals surface area contributed by atoms with Crippen molar-refractivity contribution < 1.29 is 4.21 Å². The van der Waals surface area contributed by atoms with Crippen molar-refractivity contribution in [2.75, 3.05) is 5.75 Å². The van der Waals surface area contributed by atoms with E-state index in [4.69, 9.17) is 0 Å². The van der Waals surface area contributed by atoms with E-state index in [2.05, 4.69) is 23.4 Å². The zero-order valence-electron chi connectivity index (χ0n) is 12.6. The zero-order valence-corrected chi connectivity index (χ0v) is 13.4. The average molecular weight is 299 g/mol. The van der Waals surface area contributed by atoms with Gasteiger partial charge in [-0.15, -0.1) is 0 Å². The second-order valence-corrected chi connectivity index (χ2v) is 8.02. The van der Waals surface area contributed by atoms with Gasteiger partial charge in [0.1, 0.15) is 0 Å². The molecule has 0 aromatic heterocycles. The van der Waals surface area contributed by atoms with Crippen LogP contribution in [-0.2, 0) is 9.73 Å². The molecule has 0 spiro atoms. The van der Waals surface area contributed by atoms with Crippen molar-refractivity contribution in [3.63, 3.8) is 0 Å². The van der Waals surface area contributed by atoms with Crippen molar-refractivity contribution in [2.45, 2.75) is 37.5 Å². The standard InChI is InChI=1S/C18H21NOS/c1-3-6-15-13-21(20,16-11-9-14(2)10-12-16)19-18-8-5-4-7-17(15)18/h4-5,7-12,15H,3,6,13H2,1-2H3/t15-,21?/m0/s1. The molecule has 21 heavy (non-hydrogen) atoms. The van der Waals surface area contributed by atoms with Crippen LogP contribution >= 0.6 is 0 Å². The van der Waals surface area contributed by atoms with E-state index >= 15 is 0 Å². The van der Waals surface area contributed by atoms with Gasteiger partial charge in [0.2, 0.25) is 0 Å². The largest absolute Gasteiger partial charge is 0.244 e. The van der Waals surface area contributed by atoms with Gasteiger partial charge in [-0.05, 0) is 43.0 Å². The molecule has 1 aliphatic rings. The highest BCUT2D eigenvalue weighted by Gasteiger charge is 2.27. The number of hydrogen-bond acceptors (Lipinski definition) is 2. The molecular weight excluding hydrogens is 278 g/mol. The Kier molecular flexibility index (Phi) is 3.85. The molecule has 3 heteroatoms. The first-order chi connectivity index (χ1) is 10.1. The van der Waals surface area contributed by atoms with Crippen LogP contribution in [0.15, 0.2) is 57.8 Å². The molecule has 0 amide bonds. The second-order valence-electron chi connectivity index (χ2n) is 5.76. The Bertz CT molecular complexity index is 755. The molecule has 2 aromatic carbocycles. The first kappa shape index (κ1) is 14.3. The number of rotatable bonds is 3. The first-order valence-electron chi connectivity index (χ1n) is 7.53. The number of hydrogen-bond donors (Lipinski definition) is 0. The molecule has 0 bridgehead atoms. The fourth-order valence-corrected chi connectivity index (χ4v) is 5.27. The van der Waals surface area contributed by atoms with Crippen molar-refractivity contribution in [1.82, 2.24) is 0 Å². The Morgan fingerprint density at radius 1 is 1.14 bits per heavy atom. The third-order valence-corrected chi connectivity index (χ3v) is 6.43. The Morgan fingerprint density at radius 2 is 1.86 bits per heavy atom. The summed E-state index contributed by atoms with van der Waals surface area (Å²) in [5, 5.41) is 0. The highest BCUT2D eigenvalue weighted by atomic mass is 32.2. The molecule has 2 atom stereocenters. The molecule has 2 nitrogen and oxygen atoms in total. The summed E-state index contributed by atoms with van der Waals surface area (Å²) < 4.78 is 18.0. The molecule has 2 aromatic rings. The lowest BCUT2D eigenvalue weighted by Crippen LogP contribution is -2.18. The first-order valence-corrected chi connectivity index (χ1v) is 9.21. The van der Waals surface area contributed by atoms with Crippen molar-refractivity contribution in [1.29, 1.82) is 0 Å². The van der Waals surface area contributed by atoms with Crippen molar-refractivity contribution in [3.8, 4) is 0 Å². The molecule has 110 valence electrons. The maximum absolute atomic E-state index is 13.4. The van der Waals surface area contributed by atoms with E-state index in [1.807, 2.05) is 43.3 Å². The highest BCUT2D eigenvalue weighted by Crippen LogP contribution is 2.39. The number of benzene rings is 2. The molecule has 1 aliphatic heterocycles. The van der Waals surface area contributed by atoms with Crippen LogP contribution < -0.4 is 0 Å². The summed E-state index contributed by atoms with van der Waals surface area (Å²) in [6.07, 6.45) is 2.16. The van der Waals surface area contributed by atoms with Gasteiger partial charge >= 0.3 is 0 Å². The van der Waals surface area contributed by atoms with Crippen molar-refractivity contribution in [3.05, 3.63) is 59.7 Å². The molecule has 0 radical (unpaired) electrons. The summed E-state index contributed by atoms with van der Waals surface area (Å²) in [4.78, 5) is 0.865. The third-order valence-electron chi connectivity index (χ3n) is 4.08. The summed E-state index contributed by atoms with van der Waals surface area (Å²) in [6, 6.07) is 16.1. The average Bonchev–Trinajstić information content (AvgIpc) is 2.48. The van der Waals surface area contributed by atoms with Crippen LogP contribution in [0.5, 0.6) is 0 Å². The zero-order chi connectivity index (χ0) is 14.9. The van der Waals surface area contributed by atoms with E-state index in [1.54, 1.807) is 0 Å². The molecule has 0 aliphatic carbocycles. The van der Waals surface area contributed by atoms with E-state index < -0.39 is 9.73 Å². The van der Waals surface area contributed by atoms with E-state index in [0.29, 0.717) is 11.7 Å². The van der Waals surface area contributed by atoms with E-state index in [1.165, 1.54) is 11.1 Å². The minimum atomic E-state index is -2.35. The van der Waals surface area contributed by atoms with Crippen LogP contribution in [0.1, 0.15) is 36.8 Å². The van der Waals surface area contributed by atoms with Gasteiger partial charge in [0.15, 0.2) is 0 Å². The summed E-state index contributed by atoms with van der Waals surface area (Å²) in [7, 11) is -2.35. The molecule has 1 heterocycles. The smallest absolute Gasteiger partial charge is 0.0806 e. The normalized spacial score (nSPS) is 24.2. The highest BCUT2D eigenvalue weighted by molar-refractivity contribution is 7.93. The molecule has 0 N–H and O–H groups in total. The fraction of sp³-hybridized carbons (Fsp3) is 0.333. The Hall–Kier alpha value is -1.61. The lowest BCUT2D eigenvalue weighted by Gasteiger charge is -2.26. The SMILES string of the molecule is CCC[C@H]1CS(=O)(c2ccc(C)cc2)=Nc2ccccc21. The van der Waals surface area contributed by atoms with Gasteiger partial charge in [-0.1, -0.05) is 49.2 Å². The van der Waals surface area contributed by atoms with Gasteiger partial charge in [-0.3, -0.25) is 0 Å². The van der Waals surface area contributed by atoms with Gasteiger partial charge in [-0.2, -0.15) is 4.36 Å². The van der Waals surface area contributed by atoms with Gasteiger partial charge < -0.3 is 0 Å². The van der Waals surface area contributed by atoms with Gasteiger partial charge in [0, 0.05) is 10.6 Å². The quantitative estimate of drug-likeness (QED) is 0.779. The lowest BCUT2D eigenvalue weighted by molar-refractivity contribution is 0.635. The van der Waals surface area contributed by atoms with Gasteiger partial charge in [0.25, 0.3) is 0 Å². The summed E-state index contributed by atoms with van der Waals surface area (Å²) >= 11 is 0. The number of fused-ring (bicyclic) bond motifs is 1. The summed E-state index contributed by atoms with van der Waals surface area (Å²) in [5.41, 5.74) is 3.35. The van der Waals surface area contributed by atoms with Gasteiger partial charge in [-0.25, -0.2) is 4.21 Å². The van der Waals surface area contributed by atoms with Crippen LogP contribution in [0.25, 0.3) is 0 Å². The van der Waals surface area contributed by atoms with Crippen LogP contribution in [0, 0.1) is 6.92 Å². The predicted octanol–water partition coefficient (Wildman–Crippen LogP) is 5.05. The maximum Gasteiger partial charge on any atom is 0.0806 e. The van der Waals surface area contributed by atoms with Crippen LogP contribution in [0.2, 0.25) is 0 Å². The van der Waals surface area contributed by atoms with Crippen LogP contribution in [0.3, 0.4) is 0 Å². The fourth-order valence-electron chi connectivity index (χ4n) is 2.96. The molecule has 0 saturated heterocycles. The second kappa shape index (κ2) is 5.64. The molecule has 0 saturated carbocycles. The lowest BCUT2D eigenvalue weighted by atomic mass is 9.95. The Balaban J connectivity index is 2.13. The van der Waals surface area contributed by atoms with E-state index in [0.717, 1.165) is 23.4 Å². The molecule has 1 unspecified atom stereocenters. The third kappa shape index (κ3) is 2.75. The summed E-state index contributed by atoms with van der Waals surface area (Å²) in [5.74, 6) is 0.985. The van der Waals surface area contributed by atoms with Crippen LogP contribution in [0.4, 0.5) is 5.69 Å². The monoisotopic (exact) mass is 299 g/mol.